The van der Waals surface area contributed by atoms with E-state index in [1.807, 2.05) is 0 Å². The Kier molecular flexibility index (Phi) is 4.10. The minimum Gasteiger partial charge on any atom is -0.492 e. The van der Waals surface area contributed by atoms with Crippen LogP contribution >= 0.6 is 7.60 Å². The molecule has 11 heteroatoms. The van der Waals surface area contributed by atoms with Gasteiger partial charge in [0.05, 0.1) is 18.2 Å². The molecule has 3 rings (SSSR count). The van der Waals surface area contributed by atoms with Crippen LogP contribution in [0.15, 0.2) is 40.2 Å². The first-order chi connectivity index (χ1) is 11.3. The maximum atomic E-state index is 11.6. The van der Waals surface area contributed by atoms with Crippen LogP contribution in [-0.2, 0) is 11.1 Å². The van der Waals surface area contributed by atoms with E-state index in [1.165, 1.54) is 24.5 Å². The Hall–Kier alpha value is -2.68. The van der Waals surface area contributed by atoms with Gasteiger partial charge in [-0.05, 0) is 18.2 Å². The lowest BCUT2D eigenvalue weighted by Crippen LogP contribution is -2.23. The molecule has 0 aliphatic rings. The number of nitrogens with zero attached hydrogens (tertiary/aromatic N) is 2. The maximum absolute atomic E-state index is 11.6. The molecule has 1 aromatic carbocycles. The Morgan fingerprint density at radius 3 is 2.79 bits per heavy atom. The Bertz CT molecular complexity index is 1050. The van der Waals surface area contributed by atoms with E-state index in [1.54, 1.807) is 10.6 Å². The van der Waals surface area contributed by atoms with Crippen LogP contribution in [0.4, 0.5) is 0 Å². The Morgan fingerprint density at radius 1 is 1.25 bits per heavy atom. The molecule has 4 N–H and O–H groups in total. The molecule has 0 saturated carbocycles. The number of imidazole rings is 1. The van der Waals surface area contributed by atoms with Crippen molar-refractivity contribution < 1.29 is 19.1 Å². The summed E-state index contributed by atoms with van der Waals surface area (Å²) in [6, 6.07) is 5.62. The van der Waals surface area contributed by atoms with Gasteiger partial charge in [0.1, 0.15) is 18.0 Å². The average Bonchev–Trinajstić information content (AvgIpc) is 2.90. The topological polar surface area (TPSA) is 150 Å². The predicted molar refractivity (Wildman–Crippen MR) is 84.6 cm³/mol. The standard InChI is InChI=1S/C13H13N4O6P/c18-12-10-11(15-13(19)16-12)17(7-14-10)4-5-23-8-2-1-3-9(6-8)24(20,21)22/h1-3,6-7H,4-5H2,(H2,20,21,22)(H2,15,16,18,19). The smallest absolute Gasteiger partial charge is 0.356 e. The van der Waals surface area contributed by atoms with Crippen LogP contribution in [0.2, 0.25) is 0 Å². The zero-order valence-corrected chi connectivity index (χ0v) is 13.1. The maximum Gasteiger partial charge on any atom is 0.356 e. The monoisotopic (exact) mass is 352 g/mol. The second kappa shape index (κ2) is 6.08. The zero-order chi connectivity index (χ0) is 17.3. The van der Waals surface area contributed by atoms with Crippen LogP contribution in [0.25, 0.3) is 11.2 Å². The van der Waals surface area contributed by atoms with Gasteiger partial charge in [-0.2, -0.15) is 0 Å². The lowest BCUT2D eigenvalue weighted by atomic mass is 10.3. The molecule has 0 spiro atoms. The van der Waals surface area contributed by atoms with E-state index in [4.69, 9.17) is 14.5 Å². The molecule has 24 heavy (non-hydrogen) atoms. The Labute approximate surface area is 133 Å². The first kappa shape index (κ1) is 16.2. The molecule has 0 unspecified atom stereocenters. The average molecular weight is 352 g/mol. The fourth-order valence-corrected chi connectivity index (χ4v) is 2.74. The molecule has 10 nitrogen and oxygen atoms in total. The van der Waals surface area contributed by atoms with Crippen LogP contribution < -0.4 is 21.3 Å². The number of H-pyrrole nitrogens is 2. The van der Waals surface area contributed by atoms with Crippen molar-refractivity contribution in [3.63, 3.8) is 0 Å². The van der Waals surface area contributed by atoms with Gasteiger partial charge < -0.3 is 19.1 Å². The molecule has 126 valence electrons. The van der Waals surface area contributed by atoms with Crippen molar-refractivity contribution >= 4 is 24.1 Å². The number of benzene rings is 1. The minimum absolute atomic E-state index is 0.109. The molecule has 0 aliphatic heterocycles. The normalized spacial score (nSPS) is 11.8. The summed E-state index contributed by atoms with van der Waals surface area (Å²) in [5.74, 6) is 0.298. The molecular formula is C13H13N4O6P. The van der Waals surface area contributed by atoms with Crippen LogP contribution in [0.5, 0.6) is 5.75 Å². The molecule has 2 heterocycles. The lowest BCUT2D eigenvalue weighted by Gasteiger charge is -2.09. The van der Waals surface area contributed by atoms with Crippen molar-refractivity contribution in [2.24, 2.45) is 0 Å². The third-order valence-electron chi connectivity index (χ3n) is 3.27. The second-order valence-electron chi connectivity index (χ2n) is 4.93. The number of rotatable bonds is 5. The number of hydrogen-bond acceptors (Lipinski definition) is 5. The fourth-order valence-electron chi connectivity index (χ4n) is 2.17. The van der Waals surface area contributed by atoms with E-state index in [0.717, 1.165) is 0 Å². The number of ether oxygens (including phenoxy) is 1. The summed E-state index contributed by atoms with van der Waals surface area (Å²) < 4.78 is 18.2. The van der Waals surface area contributed by atoms with E-state index in [0.29, 0.717) is 5.75 Å². The van der Waals surface area contributed by atoms with Gasteiger partial charge in [0.2, 0.25) is 0 Å². The molecule has 0 atom stereocenters. The van der Waals surface area contributed by atoms with Crippen molar-refractivity contribution in [1.29, 1.82) is 0 Å². The molecular weight excluding hydrogens is 339 g/mol. The number of nitrogens with one attached hydrogen (secondary N) is 2. The quantitative estimate of drug-likeness (QED) is 0.443. The van der Waals surface area contributed by atoms with Crippen LogP contribution in [0, 0.1) is 0 Å². The van der Waals surface area contributed by atoms with E-state index in [-0.39, 0.29) is 29.6 Å². The van der Waals surface area contributed by atoms with Crippen molar-refractivity contribution in [2.45, 2.75) is 6.54 Å². The van der Waals surface area contributed by atoms with Gasteiger partial charge in [-0.1, -0.05) is 6.07 Å². The number of aromatic amines is 2. The highest BCUT2D eigenvalue weighted by Crippen LogP contribution is 2.34. The summed E-state index contributed by atoms with van der Waals surface area (Å²) >= 11 is 0. The SMILES string of the molecule is O=c1[nH]c(=O)c2ncn(CCOc3cccc(P(=O)(O)O)c3)c2[nH]1. The van der Waals surface area contributed by atoms with Gasteiger partial charge >= 0.3 is 13.3 Å². The molecule has 0 amide bonds. The summed E-state index contributed by atoms with van der Waals surface area (Å²) in [6.07, 6.45) is 1.39. The predicted octanol–water partition coefficient (Wildman–Crippen LogP) is -0.705. The lowest BCUT2D eigenvalue weighted by molar-refractivity contribution is 0.300. The highest BCUT2D eigenvalue weighted by atomic mass is 31.2. The highest BCUT2D eigenvalue weighted by Gasteiger charge is 2.17. The van der Waals surface area contributed by atoms with Crippen molar-refractivity contribution in [2.75, 3.05) is 6.61 Å². The number of hydrogen-bond donors (Lipinski definition) is 4. The van der Waals surface area contributed by atoms with E-state index in [9.17, 15) is 14.2 Å². The van der Waals surface area contributed by atoms with Gasteiger partial charge in [-0.15, -0.1) is 0 Å². The van der Waals surface area contributed by atoms with Gasteiger partial charge in [-0.3, -0.25) is 19.3 Å². The molecule has 0 bridgehead atoms. The second-order valence-corrected chi connectivity index (χ2v) is 6.54. The van der Waals surface area contributed by atoms with Gasteiger partial charge in [0, 0.05) is 0 Å². The number of aromatic nitrogens is 4. The van der Waals surface area contributed by atoms with Crippen molar-refractivity contribution in [1.82, 2.24) is 19.5 Å². The molecule has 0 fully saturated rings. The first-order valence-electron chi connectivity index (χ1n) is 6.81. The summed E-state index contributed by atoms with van der Waals surface area (Å²) in [6.45, 7) is 0.418. The molecule has 0 aliphatic carbocycles. The van der Waals surface area contributed by atoms with Gasteiger partial charge in [0.15, 0.2) is 5.52 Å². The van der Waals surface area contributed by atoms with Gasteiger partial charge in [-0.25, -0.2) is 9.78 Å². The summed E-state index contributed by atoms with van der Waals surface area (Å²) in [5.41, 5.74) is -0.832. The first-order valence-corrected chi connectivity index (χ1v) is 8.42. The summed E-state index contributed by atoms with van der Waals surface area (Å²) in [5, 5.41) is -0.135. The van der Waals surface area contributed by atoms with Crippen LogP contribution in [0.3, 0.4) is 0 Å². The van der Waals surface area contributed by atoms with Crippen molar-refractivity contribution in [3.8, 4) is 5.75 Å². The molecule has 2 aromatic heterocycles. The molecule has 0 saturated heterocycles. The highest BCUT2D eigenvalue weighted by molar-refractivity contribution is 7.60. The summed E-state index contributed by atoms with van der Waals surface area (Å²) in [7, 11) is -4.34. The zero-order valence-electron chi connectivity index (χ0n) is 12.2. The third kappa shape index (κ3) is 3.30. The molecule has 0 radical (unpaired) electrons. The van der Waals surface area contributed by atoms with E-state index < -0.39 is 18.8 Å². The summed E-state index contributed by atoms with van der Waals surface area (Å²) in [4.78, 5) is 49.7. The largest absolute Gasteiger partial charge is 0.492 e. The van der Waals surface area contributed by atoms with Gasteiger partial charge in [0.25, 0.3) is 5.56 Å². The Balaban J connectivity index is 1.75. The van der Waals surface area contributed by atoms with E-state index >= 15 is 0 Å². The minimum atomic E-state index is -4.34. The molecule has 3 aromatic rings. The van der Waals surface area contributed by atoms with E-state index in [2.05, 4.69) is 15.0 Å². The van der Waals surface area contributed by atoms with Crippen LogP contribution in [0.1, 0.15) is 0 Å². The van der Waals surface area contributed by atoms with Crippen molar-refractivity contribution in [3.05, 3.63) is 51.4 Å². The fraction of sp³-hybridized carbons (Fsp3) is 0.154. The number of fused-ring (bicyclic) bond motifs is 1. The third-order valence-corrected chi connectivity index (χ3v) is 4.22. The Morgan fingerprint density at radius 2 is 2.04 bits per heavy atom. The van der Waals surface area contributed by atoms with Crippen LogP contribution in [-0.4, -0.2) is 35.9 Å².